The molecule has 1 aliphatic carbocycles. The van der Waals surface area contributed by atoms with Crippen molar-refractivity contribution in [3.63, 3.8) is 0 Å². The topological polar surface area (TPSA) is 146 Å². The number of anilines is 3. The van der Waals surface area contributed by atoms with E-state index in [0.717, 1.165) is 17.7 Å². The van der Waals surface area contributed by atoms with E-state index in [2.05, 4.69) is 30.9 Å². The Hall–Kier alpha value is -4.76. The average molecular weight is 643 g/mol. The van der Waals surface area contributed by atoms with Gasteiger partial charge in [-0.1, -0.05) is 17.3 Å². The Morgan fingerprint density at radius 1 is 1.09 bits per heavy atom. The van der Waals surface area contributed by atoms with Crippen molar-refractivity contribution in [1.29, 1.82) is 0 Å². The number of amides is 1. The van der Waals surface area contributed by atoms with Crippen LogP contribution in [0.25, 0.3) is 11.1 Å². The molecule has 1 amide bonds. The third kappa shape index (κ3) is 6.72. The molecular formula is C27H21B4F4N7O5. The molecule has 0 saturated heterocycles. The second-order valence-electron chi connectivity index (χ2n) is 10.8. The molecular weight excluding hydrogens is 622 g/mol. The van der Waals surface area contributed by atoms with Crippen molar-refractivity contribution in [1.82, 2.24) is 24.9 Å². The monoisotopic (exact) mass is 643 g/mol. The SMILES string of the molecule is [B]C([B])(OC(C)=O)C([B])([B])n1cc(Nc2ncc(-c3ccc(CC(=O)Nc4cc(C5(C(F)(F)F)CC5)on4)c(F)c3)cn2)c(OC)n1. The highest BCUT2D eigenvalue weighted by molar-refractivity contribution is 6.52. The highest BCUT2D eigenvalue weighted by Crippen LogP contribution is 2.59. The van der Waals surface area contributed by atoms with Crippen LogP contribution in [0.15, 0.2) is 47.4 Å². The van der Waals surface area contributed by atoms with Gasteiger partial charge < -0.3 is 24.6 Å². The first-order valence-electron chi connectivity index (χ1n) is 13.7. The van der Waals surface area contributed by atoms with Gasteiger partial charge in [0, 0.05) is 41.7 Å². The Balaban J connectivity index is 1.23. The number of alkyl halides is 3. The highest BCUT2D eigenvalue weighted by atomic mass is 19.4. The van der Waals surface area contributed by atoms with Gasteiger partial charge in [-0.2, -0.15) is 13.2 Å². The van der Waals surface area contributed by atoms with Crippen molar-refractivity contribution in [2.75, 3.05) is 17.7 Å². The number of ether oxygens (including phenoxy) is 2. The van der Waals surface area contributed by atoms with Crippen LogP contribution in [0, 0.1) is 5.82 Å². The lowest BCUT2D eigenvalue weighted by Crippen LogP contribution is -2.60. The number of carbonyl (C=O) groups is 2. The first kappa shape index (κ1) is 33.6. The minimum atomic E-state index is -4.50. The number of methoxy groups -OCH3 is 1. The van der Waals surface area contributed by atoms with E-state index in [0.29, 0.717) is 11.1 Å². The van der Waals surface area contributed by atoms with E-state index in [-0.39, 0.29) is 47.5 Å². The van der Waals surface area contributed by atoms with Gasteiger partial charge in [0.25, 0.3) is 5.88 Å². The zero-order valence-corrected chi connectivity index (χ0v) is 24.8. The number of halogens is 4. The van der Waals surface area contributed by atoms with E-state index in [1.165, 1.54) is 43.9 Å². The molecule has 12 nitrogen and oxygen atoms in total. The van der Waals surface area contributed by atoms with Gasteiger partial charge in [0.05, 0.1) is 35.4 Å². The Bertz CT molecular complexity index is 1810. The number of rotatable bonds is 11. The molecule has 0 bridgehead atoms. The Kier molecular flexibility index (Phi) is 8.66. The van der Waals surface area contributed by atoms with Crippen LogP contribution in [-0.4, -0.2) is 86.9 Å². The summed E-state index contributed by atoms with van der Waals surface area (Å²) in [4.78, 5) is 32.3. The summed E-state index contributed by atoms with van der Waals surface area (Å²) in [5.41, 5.74) is -1.08. The van der Waals surface area contributed by atoms with Gasteiger partial charge in [0.2, 0.25) is 11.9 Å². The van der Waals surface area contributed by atoms with E-state index < -0.39 is 46.4 Å². The lowest BCUT2D eigenvalue weighted by atomic mass is 9.40. The molecule has 0 atom stereocenters. The number of aromatic nitrogens is 5. The van der Waals surface area contributed by atoms with Crippen molar-refractivity contribution in [2.45, 2.75) is 48.5 Å². The van der Waals surface area contributed by atoms with Crippen LogP contribution >= 0.6 is 0 Å². The third-order valence-corrected chi connectivity index (χ3v) is 7.37. The summed E-state index contributed by atoms with van der Waals surface area (Å²) < 4.78 is 70.7. The maximum atomic E-state index is 15.0. The van der Waals surface area contributed by atoms with Gasteiger partial charge in [0.1, 0.15) is 32.6 Å². The van der Waals surface area contributed by atoms with Crippen molar-refractivity contribution >= 4 is 60.7 Å². The van der Waals surface area contributed by atoms with Gasteiger partial charge in [-0.3, -0.25) is 14.3 Å². The molecule has 8 radical (unpaired) electrons. The summed E-state index contributed by atoms with van der Waals surface area (Å²) >= 11 is 0. The Morgan fingerprint density at radius 3 is 2.34 bits per heavy atom. The number of nitrogens with one attached hydrogen (secondary N) is 2. The van der Waals surface area contributed by atoms with Gasteiger partial charge in [-0.15, -0.1) is 5.10 Å². The van der Waals surface area contributed by atoms with Crippen LogP contribution in [0.5, 0.6) is 5.88 Å². The first-order valence-corrected chi connectivity index (χ1v) is 13.7. The molecule has 3 heterocycles. The maximum Gasteiger partial charge on any atom is 0.401 e. The van der Waals surface area contributed by atoms with Crippen LogP contribution in [0.4, 0.5) is 35.0 Å². The zero-order valence-electron chi connectivity index (χ0n) is 24.8. The fourth-order valence-corrected chi connectivity index (χ4v) is 4.53. The summed E-state index contributed by atoms with van der Waals surface area (Å²) in [6.07, 6.45) is -1.12. The van der Waals surface area contributed by atoms with Gasteiger partial charge in [0.15, 0.2) is 11.6 Å². The summed E-state index contributed by atoms with van der Waals surface area (Å²) in [5.74, 6) is -2.80. The average Bonchev–Trinajstić information content (AvgIpc) is 3.52. The molecule has 4 aromatic rings. The minimum Gasteiger partial charge on any atom is -0.479 e. The lowest BCUT2D eigenvalue weighted by molar-refractivity contribution is -0.165. The Morgan fingerprint density at radius 2 is 1.77 bits per heavy atom. The second kappa shape index (κ2) is 12.1. The summed E-state index contributed by atoms with van der Waals surface area (Å²) in [6, 6.07) is 5.12. The molecule has 2 N–H and O–H groups in total. The molecule has 0 unspecified atom stereocenters. The van der Waals surface area contributed by atoms with Crippen LogP contribution in [-0.2, 0) is 31.5 Å². The largest absolute Gasteiger partial charge is 0.479 e. The second-order valence-corrected chi connectivity index (χ2v) is 10.8. The number of nitrogens with zero attached hydrogens (tertiary/aromatic N) is 5. The number of hydrogen-bond donors (Lipinski definition) is 2. The van der Waals surface area contributed by atoms with Crippen LogP contribution in [0.3, 0.4) is 0 Å². The molecule has 0 aliphatic heterocycles. The molecule has 47 heavy (non-hydrogen) atoms. The molecule has 0 spiro atoms. The summed E-state index contributed by atoms with van der Waals surface area (Å²) in [5, 5.41) is 8.17. The molecule has 3 aromatic heterocycles. The number of hydrogen-bond acceptors (Lipinski definition) is 10. The van der Waals surface area contributed by atoms with Crippen molar-refractivity contribution in [2.24, 2.45) is 0 Å². The standard InChI is InChI=1S/C27H21B4F4N7O5/c1-13(43)46-26(30,31)25(28,29)42-12-18(22(40-42)45-2)38-23-36-10-16(11-37-23)14-3-4-15(17(32)7-14)8-21(44)39-20-9-19(47-41-20)24(5-6-24)27(33,34)35/h3-4,7,9-12H,5-6,8H2,1-2H3,(H,36,37,38)(H,39,41,44). The molecule has 20 heteroatoms. The maximum absolute atomic E-state index is 15.0. The molecule has 5 rings (SSSR count). The molecule has 1 aromatic carbocycles. The van der Waals surface area contributed by atoms with E-state index in [1.807, 2.05) is 0 Å². The molecule has 234 valence electrons. The molecule has 1 fully saturated rings. The minimum absolute atomic E-state index is 0.0181. The van der Waals surface area contributed by atoms with Crippen LogP contribution in [0.1, 0.15) is 31.1 Å². The lowest BCUT2D eigenvalue weighted by Gasteiger charge is -2.43. The molecule has 1 saturated carbocycles. The van der Waals surface area contributed by atoms with E-state index >= 15 is 0 Å². The fraction of sp³-hybridized carbons (Fsp3) is 0.333. The van der Waals surface area contributed by atoms with Crippen molar-refractivity contribution in [3.8, 4) is 17.0 Å². The normalized spacial score (nSPS) is 14.3. The Labute approximate surface area is 270 Å². The smallest absolute Gasteiger partial charge is 0.401 e. The van der Waals surface area contributed by atoms with E-state index in [1.54, 1.807) is 0 Å². The quantitative estimate of drug-likeness (QED) is 0.142. The van der Waals surface area contributed by atoms with Gasteiger partial charge >= 0.3 is 12.1 Å². The molecule has 1 aliphatic rings. The van der Waals surface area contributed by atoms with Gasteiger partial charge in [-0.05, 0) is 30.0 Å². The zero-order chi connectivity index (χ0) is 34.4. The number of esters is 1. The van der Waals surface area contributed by atoms with E-state index in [4.69, 9.17) is 45.4 Å². The van der Waals surface area contributed by atoms with Crippen LogP contribution < -0.4 is 15.4 Å². The van der Waals surface area contributed by atoms with Crippen molar-refractivity contribution in [3.05, 3.63) is 60.0 Å². The fourth-order valence-electron chi connectivity index (χ4n) is 4.53. The predicted molar refractivity (Wildman–Crippen MR) is 161 cm³/mol. The van der Waals surface area contributed by atoms with Crippen molar-refractivity contribution < 1.29 is 41.1 Å². The third-order valence-electron chi connectivity index (χ3n) is 7.37. The summed E-state index contributed by atoms with van der Waals surface area (Å²) in [6.45, 7) is 1.07. The summed E-state index contributed by atoms with van der Waals surface area (Å²) in [7, 11) is 25.0. The van der Waals surface area contributed by atoms with Crippen LogP contribution in [0.2, 0.25) is 0 Å². The van der Waals surface area contributed by atoms with E-state index in [9.17, 15) is 27.2 Å². The highest BCUT2D eigenvalue weighted by Gasteiger charge is 2.67. The first-order chi connectivity index (χ1) is 22.0. The number of carbonyl (C=O) groups excluding carboxylic acids is 2. The predicted octanol–water partition coefficient (Wildman–Crippen LogP) is 2.50. The van der Waals surface area contributed by atoms with Gasteiger partial charge in [-0.25, -0.2) is 14.4 Å². The number of benzene rings is 1.